The van der Waals surface area contributed by atoms with E-state index in [1.165, 1.54) is 5.56 Å². The first-order chi connectivity index (χ1) is 10.6. The van der Waals surface area contributed by atoms with E-state index in [0.717, 1.165) is 52.9 Å². The third-order valence-corrected chi connectivity index (χ3v) is 4.46. The molecule has 2 aromatic heterocycles. The van der Waals surface area contributed by atoms with Gasteiger partial charge in [-0.2, -0.15) is 9.50 Å². The fourth-order valence-electron chi connectivity index (χ4n) is 2.92. The fourth-order valence-corrected chi connectivity index (χ4v) is 3.10. The largest absolute Gasteiger partial charge is 0.340 e. The number of aryl methyl sites for hydroxylation is 3. The predicted molar refractivity (Wildman–Crippen MR) is 87.0 cm³/mol. The van der Waals surface area contributed by atoms with Gasteiger partial charge in [-0.05, 0) is 50.8 Å². The molecule has 112 valence electrons. The van der Waals surface area contributed by atoms with Crippen molar-refractivity contribution in [2.75, 3.05) is 5.32 Å². The molecule has 6 heteroatoms. The van der Waals surface area contributed by atoms with Gasteiger partial charge in [-0.1, -0.05) is 17.7 Å². The van der Waals surface area contributed by atoms with Crippen molar-refractivity contribution in [2.45, 2.75) is 33.1 Å². The van der Waals surface area contributed by atoms with E-state index in [1.54, 1.807) is 4.52 Å². The van der Waals surface area contributed by atoms with Crippen molar-refractivity contribution in [1.29, 1.82) is 0 Å². The summed E-state index contributed by atoms with van der Waals surface area (Å²) in [6, 6.07) is 5.97. The van der Waals surface area contributed by atoms with Crippen LogP contribution in [0.3, 0.4) is 0 Å². The van der Waals surface area contributed by atoms with Crippen LogP contribution in [-0.4, -0.2) is 19.6 Å². The standard InChI is InChI=1S/C16H16ClN5/c1-9-6-7-11(8-13(9)17)19-15-12-4-3-5-14(12)20-16-18-10(2)21-22(15)16/h6-8,19H,3-5H2,1-2H3. The molecule has 1 aliphatic rings. The number of halogens is 1. The summed E-state index contributed by atoms with van der Waals surface area (Å²) in [7, 11) is 0. The SMILES string of the molecule is Cc1nc2nc3c(c(Nc4ccc(C)c(Cl)c4)n2n1)CCC3. The molecule has 0 radical (unpaired) electrons. The lowest BCUT2D eigenvalue weighted by Gasteiger charge is -2.13. The second-order valence-corrected chi connectivity index (χ2v) is 6.11. The molecular formula is C16H16ClN5. The number of rotatable bonds is 2. The Bertz CT molecular complexity index is 884. The van der Waals surface area contributed by atoms with E-state index < -0.39 is 0 Å². The van der Waals surface area contributed by atoms with Crippen LogP contribution in [0.4, 0.5) is 11.5 Å². The third-order valence-electron chi connectivity index (χ3n) is 4.05. The lowest BCUT2D eigenvalue weighted by atomic mass is 10.2. The van der Waals surface area contributed by atoms with Crippen LogP contribution in [0.5, 0.6) is 0 Å². The van der Waals surface area contributed by atoms with E-state index >= 15 is 0 Å². The minimum atomic E-state index is 0.652. The first-order valence-corrected chi connectivity index (χ1v) is 7.78. The third kappa shape index (κ3) is 2.13. The highest BCUT2D eigenvalue weighted by Crippen LogP contribution is 2.31. The van der Waals surface area contributed by atoms with Gasteiger partial charge in [0.1, 0.15) is 11.6 Å². The quantitative estimate of drug-likeness (QED) is 0.785. The second-order valence-electron chi connectivity index (χ2n) is 5.70. The Balaban J connectivity index is 1.87. The first-order valence-electron chi connectivity index (χ1n) is 7.40. The molecule has 0 fully saturated rings. The summed E-state index contributed by atoms with van der Waals surface area (Å²) in [5.74, 6) is 2.33. The molecule has 2 heterocycles. The van der Waals surface area contributed by atoms with E-state index in [-0.39, 0.29) is 0 Å². The average molecular weight is 314 g/mol. The number of anilines is 2. The summed E-state index contributed by atoms with van der Waals surface area (Å²) >= 11 is 6.23. The van der Waals surface area contributed by atoms with Crippen LogP contribution in [0.15, 0.2) is 18.2 Å². The molecule has 3 aromatic rings. The van der Waals surface area contributed by atoms with Gasteiger partial charge in [-0.25, -0.2) is 4.98 Å². The molecule has 0 saturated carbocycles. The van der Waals surface area contributed by atoms with E-state index in [2.05, 4.69) is 20.4 Å². The molecule has 1 aromatic carbocycles. The van der Waals surface area contributed by atoms with Crippen LogP contribution in [0.1, 0.15) is 29.1 Å². The summed E-state index contributed by atoms with van der Waals surface area (Å²) in [4.78, 5) is 9.03. The molecule has 0 unspecified atom stereocenters. The monoisotopic (exact) mass is 313 g/mol. The molecule has 1 aliphatic carbocycles. The maximum atomic E-state index is 6.23. The predicted octanol–water partition coefficient (Wildman–Crippen LogP) is 3.63. The van der Waals surface area contributed by atoms with E-state index in [1.807, 2.05) is 32.0 Å². The van der Waals surface area contributed by atoms with Crippen molar-refractivity contribution in [3.8, 4) is 0 Å². The van der Waals surface area contributed by atoms with Crippen molar-refractivity contribution in [1.82, 2.24) is 19.6 Å². The smallest absolute Gasteiger partial charge is 0.254 e. The van der Waals surface area contributed by atoms with Gasteiger partial charge in [0, 0.05) is 16.3 Å². The van der Waals surface area contributed by atoms with Gasteiger partial charge in [0.05, 0.1) is 5.69 Å². The lowest BCUT2D eigenvalue weighted by molar-refractivity contribution is 0.899. The molecule has 0 bridgehead atoms. The van der Waals surface area contributed by atoms with Crippen LogP contribution in [-0.2, 0) is 12.8 Å². The van der Waals surface area contributed by atoms with E-state index in [4.69, 9.17) is 11.6 Å². The fraction of sp³-hybridized carbons (Fsp3) is 0.312. The maximum absolute atomic E-state index is 6.23. The van der Waals surface area contributed by atoms with Crippen molar-refractivity contribution in [2.24, 2.45) is 0 Å². The minimum Gasteiger partial charge on any atom is -0.340 e. The molecule has 22 heavy (non-hydrogen) atoms. The molecule has 0 amide bonds. The maximum Gasteiger partial charge on any atom is 0.254 e. The highest BCUT2D eigenvalue weighted by atomic mass is 35.5. The second kappa shape index (κ2) is 4.95. The zero-order valence-corrected chi connectivity index (χ0v) is 13.3. The van der Waals surface area contributed by atoms with Gasteiger partial charge >= 0.3 is 0 Å². The summed E-state index contributed by atoms with van der Waals surface area (Å²) in [6.07, 6.45) is 3.14. The summed E-state index contributed by atoms with van der Waals surface area (Å²) < 4.78 is 1.80. The van der Waals surface area contributed by atoms with E-state index in [0.29, 0.717) is 5.78 Å². The van der Waals surface area contributed by atoms with Crippen molar-refractivity contribution in [3.05, 3.63) is 45.9 Å². The summed E-state index contributed by atoms with van der Waals surface area (Å²) in [6.45, 7) is 3.88. The van der Waals surface area contributed by atoms with Crippen LogP contribution in [0.2, 0.25) is 5.02 Å². The number of hydrogen-bond donors (Lipinski definition) is 1. The van der Waals surface area contributed by atoms with Crippen molar-refractivity contribution >= 4 is 28.9 Å². The molecule has 0 atom stereocenters. The number of nitrogens with one attached hydrogen (secondary N) is 1. The van der Waals surface area contributed by atoms with Crippen molar-refractivity contribution in [3.63, 3.8) is 0 Å². The Morgan fingerprint density at radius 3 is 2.86 bits per heavy atom. The average Bonchev–Trinajstić information content (AvgIpc) is 3.08. The topological polar surface area (TPSA) is 55.1 Å². The van der Waals surface area contributed by atoms with Crippen LogP contribution < -0.4 is 5.32 Å². The normalized spacial score (nSPS) is 13.6. The van der Waals surface area contributed by atoms with Gasteiger partial charge in [0.2, 0.25) is 0 Å². The van der Waals surface area contributed by atoms with Gasteiger partial charge in [-0.3, -0.25) is 0 Å². The molecular weight excluding hydrogens is 298 g/mol. The highest BCUT2D eigenvalue weighted by molar-refractivity contribution is 6.31. The van der Waals surface area contributed by atoms with E-state index in [9.17, 15) is 0 Å². The van der Waals surface area contributed by atoms with Gasteiger partial charge < -0.3 is 5.32 Å². The molecule has 0 spiro atoms. The zero-order valence-electron chi connectivity index (χ0n) is 12.5. The molecule has 4 rings (SSSR count). The van der Waals surface area contributed by atoms with Crippen LogP contribution >= 0.6 is 11.6 Å². The Kier molecular flexibility index (Phi) is 3.04. The van der Waals surface area contributed by atoms with Gasteiger partial charge in [0.25, 0.3) is 5.78 Å². The number of hydrogen-bond acceptors (Lipinski definition) is 4. The number of benzene rings is 1. The summed E-state index contributed by atoms with van der Waals surface area (Å²) in [5, 5.41) is 8.69. The molecule has 0 aliphatic heterocycles. The zero-order chi connectivity index (χ0) is 15.3. The first kappa shape index (κ1) is 13.5. The Labute approximate surface area is 133 Å². The van der Waals surface area contributed by atoms with Gasteiger partial charge in [0.15, 0.2) is 0 Å². The minimum absolute atomic E-state index is 0.652. The molecule has 1 N–H and O–H groups in total. The summed E-state index contributed by atoms with van der Waals surface area (Å²) in [5.41, 5.74) is 4.37. The van der Waals surface area contributed by atoms with Crippen LogP contribution in [0, 0.1) is 13.8 Å². The van der Waals surface area contributed by atoms with Gasteiger partial charge in [-0.15, -0.1) is 5.10 Å². The van der Waals surface area contributed by atoms with Crippen LogP contribution in [0.25, 0.3) is 5.78 Å². The molecule has 0 saturated heterocycles. The number of fused-ring (bicyclic) bond motifs is 2. The number of aromatic nitrogens is 4. The number of nitrogens with zero attached hydrogens (tertiary/aromatic N) is 4. The Morgan fingerprint density at radius 2 is 2.05 bits per heavy atom. The Morgan fingerprint density at radius 1 is 1.18 bits per heavy atom. The molecule has 5 nitrogen and oxygen atoms in total. The van der Waals surface area contributed by atoms with Crippen molar-refractivity contribution < 1.29 is 0 Å². The highest BCUT2D eigenvalue weighted by Gasteiger charge is 2.21. The lowest BCUT2D eigenvalue weighted by Crippen LogP contribution is -2.07. The Hall–Kier alpha value is -2.14.